The fourth-order valence-electron chi connectivity index (χ4n) is 1.52. The third-order valence-corrected chi connectivity index (χ3v) is 2.44. The average Bonchev–Trinajstić information content (AvgIpc) is 2.30. The summed E-state index contributed by atoms with van der Waals surface area (Å²) in [6.45, 7) is 3.73. The third kappa shape index (κ3) is 3.00. The van der Waals surface area contributed by atoms with E-state index in [0.29, 0.717) is 6.61 Å². The van der Waals surface area contributed by atoms with E-state index < -0.39 is 0 Å². The standard InChI is InChI=1S/C10H15NO3/c1-7-3-4-9(5-11)13-6-10(7)14-8(2)12/h7,9-10H,3-4,6H2,1-2H3/t7?,9-,10-/m1/s1. The van der Waals surface area contributed by atoms with Gasteiger partial charge in [0.15, 0.2) is 0 Å². The monoisotopic (exact) mass is 197 g/mol. The van der Waals surface area contributed by atoms with Crippen molar-refractivity contribution >= 4 is 5.97 Å². The summed E-state index contributed by atoms with van der Waals surface area (Å²) in [6, 6.07) is 2.08. The lowest BCUT2D eigenvalue weighted by atomic mass is 9.99. The van der Waals surface area contributed by atoms with E-state index in [9.17, 15) is 4.79 Å². The molecule has 0 N–H and O–H groups in total. The summed E-state index contributed by atoms with van der Waals surface area (Å²) in [5.74, 6) is -0.0295. The molecular weight excluding hydrogens is 182 g/mol. The van der Waals surface area contributed by atoms with Crippen molar-refractivity contribution in [3.63, 3.8) is 0 Å². The Morgan fingerprint density at radius 2 is 2.29 bits per heavy atom. The van der Waals surface area contributed by atoms with E-state index in [1.807, 2.05) is 6.92 Å². The minimum atomic E-state index is -0.349. The van der Waals surface area contributed by atoms with Crippen LogP contribution in [0.15, 0.2) is 0 Å². The highest BCUT2D eigenvalue weighted by Crippen LogP contribution is 2.21. The minimum Gasteiger partial charge on any atom is -0.460 e. The minimum absolute atomic E-state index is 0.203. The molecule has 0 aromatic heterocycles. The van der Waals surface area contributed by atoms with Gasteiger partial charge in [-0.25, -0.2) is 0 Å². The molecule has 1 aliphatic heterocycles. The van der Waals surface area contributed by atoms with Gasteiger partial charge in [0, 0.05) is 6.92 Å². The third-order valence-electron chi connectivity index (χ3n) is 2.44. The Labute approximate surface area is 83.8 Å². The number of esters is 1. The number of hydrogen-bond acceptors (Lipinski definition) is 4. The zero-order chi connectivity index (χ0) is 10.6. The lowest BCUT2D eigenvalue weighted by Gasteiger charge is -2.19. The molecule has 0 radical (unpaired) electrons. The van der Waals surface area contributed by atoms with E-state index in [4.69, 9.17) is 14.7 Å². The molecule has 1 fully saturated rings. The summed E-state index contributed by atoms with van der Waals surface area (Å²) < 4.78 is 10.4. The van der Waals surface area contributed by atoms with Crippen molar-refractivity contribution in [1.29, 1.82) is 5.26 Å². The average molecular weight is 197 g/mol. The van der Waals surface area contributed by atoms with Crippen LogP contribution in [0, 0.1) is 17.2 Å². The molecule has 1 heterocycles. The largest absolute Gasteiger partial charge is 0.460 e. The van der Waals surface area contributed by atoms with E-state index in [2.05, 4.69) is 6.07 Å². The lowest BCUT2D eigenvalue weighted by molar-refractivity contribution is -0.152. The maximum atomic E-state index is 10.8. The Morgan fingerprint density at radius 1 is 1.57 bits per heavy atom. The second-order valence-corrected chi connectivity index (χ2v) is 3.65. The maximum absolute atomic E-state index is 10.8. The van der Waals surface area contributed by atoms with Gasteiger partial charge in [-0.2, -0.15) is 5.26 Å². The van der Waals surface area contributed by atoms with Gasteiger partial charge < -0.3 is 9.47 Å². The van der Waals surface area contributed by atoms with Crippen LogP contribution in [0.25, 0.3) is 0 Å². The smallest absolute Gasteiger partial charge is 0.302 e. The first-order chi connectivity index (χ1) is 6.63. The second-order valence-electron chi connectivity index (χ2n) is 3.65. The van der Waals surface area contributed by atoms with Crippen LogP contribution < -0.4 is 0 Å². The number of carbonyl (C=O) groups excluding carboxylic acids is 1. The first-order valence-corrected chi connectivity index (χ1v) is 4.82. The van der Waals surface area contributed by atoms with Gasteiger partial charge in [0.2, 0.25) is 0 Å². The van der Waals surface area contributed by atoms with E-state index in [-0.39, 0.29) is 24.1 Å². The predicted molar refractivity (Wildman–Crippen MR) is 49.3 cm³/mol. The molecule has 14 heavy (non-hydrogen) atoms. The summed E-state index contributed by atoms with van der Waals surface area (Å²) in [4.78, 5) is 10.8. The Bertz CT molecular complexity index is 246. The topological polar surface area (TPSA) is 59.3 Å². The van der Waals surface area contributed by atoms with E-state index >= 15 is 0 Å². The van der Waals surface area contributed by atoms with E-state index in [0.717, 1.165) is 12.8 Å². The van der Waals surface area contributed by atoms with Gasteiger partial charge in [-0.3, -0.25) is 4.79 Å². The Kier molecular flexibility index (Phi) is 3.90. The molecule has 0 aromatic rings. The number of nitriles is 1. The highest BCUT2D eigenvalue weighted by atomic mass is 16.6. The van der Waals surface area contributed by atoms with Gasteiger partial charge in [0.05, 0.1) is 12.7 Å². The Balaban J connectivity index is 2.52. The maximum Gasteiger partial charge on any atom is 0.302 e. The van der Waals surface area contributed by atoms with Crippen molar-refractivity contribution in [1.82, 2.24) is 0 Å². The lowest BCUT2D eigenvalue weighted by Crippen LogP contribution is -2.27. The van der Waals surface area contributed by atoms with E-state index in [1.54, 1.807) is 0 Å². The van der Waals surface area contributed by atoms with Crippen LogP contribution in [0.1, 0.15) is 26.7 Å². The molecule has 0 amide bonds. The summed E-state index contributed by atoms with van der Waals surface area (Å²) in [5, 5.41) is 8.69. The van der Waals surface area contributed by atoms with Crippen LogP contribution >= 0.6 is 0 Å². The van der Waals surface area contributed by atoms with Crippen molar-refractivity contribution in [2.45, 2.75) is 38.9 Å². The first kappa shape index (κ1) is 11.0. The van der Waals surface area contributed by atoms with Crippen molar-refractivity contribution in [3.8, 4) is 6.07 Å². The fraction of sp³-hybridized carbons (Fsp3) is 0.800. The Hall–Kier alpha value is -1.08. The van der Waals surface area contributed by atoms with Gasteiger partial charge in [0.25, 0.3) is 0 Å². The second kappa shape index (κ2) is 4.97. The normalized spacial score (nSPS) is 32.8. The highest BCUT2D eigenvalue weighted by Gasteiger charge is 2.26. The molecule has 1 rings (SSSR count). The van der Waals surface area contributed by atoms with Gasteiger partial charge >= 0.3 is 5.97 Å². The van der Waals surface area contributed by atoms with Crippen LogP contribution in [0.4, 0.5) is 0 Å². The molecule has 4 heteroatoms. The number of carbonyl (C=O) groups is 1. The molecule has 0 aliphatic carbocycles. The molecular formula is C10H15NO3. The summed E-state index contributed by atoms with van der Waals surface area (Å²) in [6.07, 6.45) is 1.02. The predicted octanol–water partition coefficient (Wildman–Crippen LogP) is 1.26. The number of rotatable bonds is 1. The van der Waals surface area contributed by atoms with Crippen molar-refractivity contribution in [3.05, 3.63) is 0 Å². The first-order valence-electron chi connectivity index (χ1n) is 4.82. The van der Waals surface area contributed by atoms with Crippen LogP contribution in [0.5, 0.6) is 0 Å². The van der Waals surface area contributed by atoms with Gasteiger partial charge in [0.1, 0.15) is 12.2 Å². The van der Waals surface area contributed by atoms with Crippen LogP contribution in [0.3, 0.4) is 0 Å². The number of nitrogens with zero attached hydrogens (tertiary/aromatic N) is 1. The molecule has 78 valence electrons. The molecule has 0 aromatic carbocycles. The molecule has 1 aliphatic rings. The van der Waals surface area contributed by atoms with Crippen LogP contribution in [-0.2, 0) is 14.3 Å². The number of hydrogen-bond donors (Lipinski definition) is 0. The summed E-state index contributed by atoms with van der Waals surface area (Å²) in [7, 11) is 0. The van der Waals surface area contributed by atoms with Gasteiger partial charge in [-0.1, -0.05) is 6.92 Å². The zero-order valence-electron chi connectivity index (χ0n) is 8.53. The fourth-order valence-corrected chi connectivity index (χ4v) is 1.52. The molecule has 1 unspecified atom stereocenters. The van der Waals surface area contributed by atoms with E-state index in [1.165, 1.54) is 6.92 Å². The SMILES string of the molecule is CC(=O)O[C@@H]1CO[C@@H](C#N)CCC1C. The van der Waals surface area contributed by atoms with Crippen molar-refractivity contribution < 1.29 is 14.3 Å². The number of ether oxygens (including phenoxy) is 2. The van der Waals surface area contributed by atoms with Crippen LogP contribution in [-0.4, -0.2) is 24.8 Å². The van der Waals surface area contributed by atoms with Crippen LogP contribution in [0.2, 0.25) is 0 Å². The molecule has 0 saturated carbocycles. The molecule has 1 saturated heterocycles. The molecule has 4 nitrogen and oxygen atoms in total. The van der Waals surface area contributed by atoms with Crippen molar-refractivity contribution in [2.24, 2.45) is 5.92 Å². The summed E-state index contributed by atoms with van der Waals surface area (Å²) >= 11 is 0. The molecule has 0 spiro atoms. The van der Waals surface area contributed by atoms with Gasteiger partial charge in [-0.05, 0) is 18.8 Å². The van der Waals surface area contributed by atoms with Crippen molar-refractivity contribution in [2.75, 3.05) is 6.61 Å². The van der Waals surface area contributed by atoms with Gasteiger partial charge in [-0.15, -0.1) is 0 Å². The Morgan fingerprint density at radius 3 is 2.86 bits per heavy atom. The highest BCUT2D eigenvalue weighted by molar-refractivity contribution is 5.66. The zero-order valence-corrected chi connectivity index (χ0v) is 8.53. The molecule has 0 bridgehead atoms. The molecule has 3 atom stereocenters. The summed E-state index contributed by atoms with van der Waals surface area (Å²) in [5.41, 5.74) is 0. The quantitative estimate of drug-likeness (QED) is 0.594.